The van der Waals surface area contributed by atoms with Crippen molar-refractivity contribution in [2.75, 3.05) is 13.7 Å². The molecule has 1 aliphatic carbocycles. The Bertz CT molecular complexity index is 1260. The molecule has 9 heteroatoms. The van der Waals surface area contributed by atoms with Crippen LogP contribution in [-0.4, -0.2) is 37.8 Å². The lowest BCUT2D eigenvalue weighted by Gasteiger charge is -2.12. The summed E-state index contributed by atoms with van der Waals surface area (Å²) < 4.78 is 27.5. The first-order valence-corrected chi connectivity index (χ1v) is 9.10. The molecule has 3 heterocycles. The number of hydrogen-bond donors (Lipinski definition) is 0. The summed E-state index contributed by atoms with van der Waals surface area (Å²) in [5.41, 5.74) is 1.45. The summed E-state index contributed by atoms with van der Waals surface area (Å²) in [6.45, 7) is 2.73. The Hall–Kier alpha value is -3.07. The van der Waals surface area contributed by atoms with Gasteiger partial charge in [-0.2, -0.15) is 4.98 Å². The Morgan fingerprint density at radius 1 is 1.36 bits per heavy atom. The summed E-state index contributed by atoms with van der Waals surface area (Å²) in [6.07, 6.45) is 2.56. The Morgan fingerprint density at radius 2 is 2.18 bits per heavy atom. The molecule has 1 aliphatic rings. The molecule has 5 rings (SSSR count). The zero-order chi connectivity index (χ0) is 19.4. The lowest BCUT2D eigenvalue weighted by molar-refractivity contribution is 0.187. The van der Waals surface area contributed by atoms with E-state index in [1.165, 1.54) is 23.0 Å². The SMILES string of the molecule is COCCn1c(=O)c2c(-c3nc(C4CC4C)no3)ncn2c2ccc(F)cc21. The number of aromatic nitrogens is 5. The molecule has 4 aromatic rings. The van der Waals surface area contributed by atoms with Crippen LogP contribution in [0, 0.1) is 11.7 Å². The number of fused-ring (bicyclic) bond motifs is 3. The number of nitrogens with zero attached hydrogens (tertiary/aromatic N) is 5. The van der Waals surface area contributed by atoms with Crippen LogP contribution in [0.15, 0.2) is 33.8 Å². The molecular weight excluding hydrogens is 365 g/mol. The van der Waals surface area contributed by atoms with Crippen molar-refractivity contribution in [3.05, 3.63) is 46.5 Å². The fourth-order valence-corrected chi connectivity index (χ4v) is 3.61. The van der Waals surface area contributed by atoms with Gasteiger partial charge >= 0.3 is 0 Å². The van der Waals surface area contributed by atoms with Crippen LogP contribution in [0.1, 0.15) is 25.1 Å². The lowest BCUT2D eigenvalue weighted by atomic mass is 10.2. The predicted octanol–water partition coefficient (Wildman–Crippen LogP) is 2.61. The minimum atomic E-state index is -0.419. The van der Waals surface area contributed by atoms with Crippen LogP contribution in [0.25, 0.3) is 28.1 Å². The number of halogens is 1. The number of hydrogen-bond acceptors (Lipinski definition) is 6. The highest BCUT2D eigenvalue weighted by atomic mass is 19.1. The van der Waals surface area contributed by atoms with Crippen molar-refractivity contribution in [3.63, 3.8) is 0 Å². The van der Waals surface area contributed by atoms with Crippen LogP contribution < -0.4 is 5.56 Å². The van der Waals surface area contributed by atoms with Gasteiger partial charge in [-0.25, -0.2) is 9.37 Å². The Labute approximate surface area is 158 Å². The lowest BCUT2D eigenvalue weighted by Crippen LogP contribution is -2.25. The average Bonchev–Trinajstić information content (AvgIpc) is 3.10. The normalized spacial score (nSPS) is 19.0. The largest absolute Gasteiger partial charge is 0.383 e. The topological polar surface area (TPSA) is 87.5 Å². The molecule has 144 valence electrons. The Balaban J connectivity index is 1.75. The summed E-state index contributed by atoms with van der Waals surface area (Å²) in [4.78, 5) is 22.1. The van der Waals surface area contributed by atoms with E-state index in [2.05, 4.69) is 22.0 Å². The van der Waals surface area contributed by atoms with E-state index in [9.17, 15) is 9.18 Å². The fourth-order valence-electron chi connectivity index (χ4n) is 3.61. The van der Waals surface area contributed by atoms with Gasteiger partial charge in [0.15, 0.2) is 11.5 Å². The van der Waals surface area contributed by atoms with Crippen LogP contribution in [0.3, 0.4) is 0 Å². The van der Waals surface area contributed by atoms with Gasteiger partial charge in [0, 0.05) is 19.6 Å². The third-order valence-electron chi connectivity index (χ3n) is 5.31. The van der Waals surface area contributed by atoms with Gasteiger partial charge in [0.25, 0.3) is 11.4 Å². The van der Waals surface area contributed by atoms with Gasteiger partial charge < -0.3 is 13.8 Å². The molecule has 2 atom stereocenters. The summed E-state index contributed by atoms with van der Waals surface area (Å²) >= 11 is 0. The van der Waals surface area contributed by atoms with E-state index >= 15 is 0 Å². The van der Waals surface area contributed by atoms with Gasteiger partial charge in [-0.15, -0.1) is 0 Å². The number of methoxy groups -OCH3 is 1. The van der Waals surface area contributed by atoms with Crippen molar-refractivity contribution in [1.29, 1.82) is 0 Å². The van der Waals surface area contributed by atoms with Crippen LogP contribution in [0.2, 0.25) is 0 Å². The van der Waals surface area contributed by atoms with Gasteiger partial charge in [0.05, 0.1) is 17.6 Å². The van der Waals surface area contributed by atoms with E-state index in [1.54, 1.807) is 17.6 Å². The highest BCUT2D eigenvalue weighted by Crippen LogP contribution is 2.45. The smallest absolute Gasteiger partial charge is 0.278 e. The van der Waals surface area contributed by atoms with Crippen LogP contribution >= 0.6 is 0 Å². The molecule has 0 radical (unpaired) electrons. The Kier molecular flexibility index (Phi) is 3.80. The highest BCUT2D eigenvalue weighted by molar-refractivity contribution is 5.83. The third-order valence-corrected chi connectivity index (χ3v) is 5.31. The molecule has 8 nitrogen and oxygen atoms in total. The highest BCUT2D eigenvalue weighted by Gasteiger charge is 2.38. The maximum atomic E-state index is 13.9. The number of ether oxygens (including phenoxy) is 1. The zero-order valence-corrected chi connectivity index (χ0v) is 15.4. The van der Waals surface area contributed by atoms with E-state index in [0.29, 0.717) is 46.5 Å². The first-order chi connectivity index (χ1) is 13.6. The first-order valence-electron chi connectivity index (χ1n) is 9.10. The van der Waals surface area contributed by atoms with Gasteiger partial charge in [-0.3, -0.25) is 9.20 Å². The molecule has 1 aromatic carbocycles. The molecule has 0 aliphatic heterocycles. The molecule has 0 N–H and O–H groups in total. The van der Waals surface area contributed by atoms with Crippen LogP contribution in [-0.2, 0) is 11.3 Å². The molecule has 2 unspecified atom stereocenters. The maximum absolute atomic E-state index is 13.9. The summed E-state index contributed by atoms with van der Waals surface area (Å²) in [5, 5.41) is 4.05. The molecular formula is C19H18FN5O3. The van der Waals surface area contributed by atoms with E-state index in [1.807, 2.05) is 0 Å². The van der Waals surface area contributed by atoms with Crippen molar-refractivity contribution < 1.29 is 13.7 Å². The van der Waals surface area contributed by atoms with Crippen molar-refractivity contribution in [3.8, 4) is 11.6 Å². The minimum Gasteiger partial charge on any atom is -0.383 e. The first kappa shape index (κ1) is 17.1. The average molecular weight is 383 g/mol. The van der Waals surface area contributed by atoms with Crippen molar-refractivity contribution in [1.82, 2.24) is 24.1 Å². The Morgan fingerprint density at radius 3 is 2.93 bits per heavy atom. The second-order valence-corrected chi connectivity index (χ2v) is 7.17. The second kappa shape index (κ2) is 6.23. The third kappa shape index (κ3) is 2.54. The van der Waals surface area contributed by atoms with E-state index in [0.717, 1.165) is 6.42 Å². The summed E-state index contributed by atoms with van der Waals surface area (Å²) in [7, 11) is 1.55. The molecule has 0 amide bonds. The number of rotatable bonds is 5. The zero-order valence-electron chi connectivity index (χ0n) is 15.4. The molecule has 1 saturated carbocycles. The number of benzene rings is 1. The van der Waals surface area contributed by atoms with Crippen molar-refractivity contribution >= 4 is 16.6 Å². The molecule has 1 fully saturated rings. The standard InChI is InChI=1S/C19H18FN5O3/c1-10-7-12(10)17-22-18(28-23-17)15-16-19(26)24(5-6-27-2)14-8-11(20)3-4-13(14)25(16)9-21-15/h3-4,8-10,12H,5-7H2,1-2H3. The molecule has 0 saturated heterocycles. The maximum Gasteiger partial charge on any atom is 0.278 e. The van der Waals surface area contributed by atoms with Crippen LogP contribution in [0.4, 0.5) is 4.39 Å². The van der Waals surface area contributed by atoms with Gasteiger partial charge in [0.1, 0.15) is 17.7 Å². The van der Waals surface area contributed by atoms with E-state index < -0.39 is 5.82 Å². The van der Waals surface area contributed by atoms with Crippen LogP contribution in [0.5, 0.6) is 0 Å². The van der Waals surface area contributed by atoms with Gasteiger partial charge in [-0.05, 0) is 30.5 Å². The second-order valence-electron chi connectivity index (χ2n) is 7.17. The summed E-state index contributed by atoms with van der Waals surface area (Å²) in [5.74, 6) is 1.28. The molecule has 3 aromatic heterocycles. The number of imidazole rings is 1. The predicted molar refractivity (Wildman–Crippen MR) is 98.6 cm³/mol. The summed E-state index contributed by atoms with van der Waals surface area (Å²) in [6, 6.07) is 4.31. The quantitative estimate of drug-likeness (QED) is 0.526. The van der Waals surface area contributed by atoms with Crippen molar-refractivity contribution in [2.45, 2.75) is 25.8 Å². The monoisotopic (exact) mass is 383 g/mol. The van der Waals surface area contributed by atoms with Gasteiger partial charge in [0.2, 0.25) is 0 Å². The fraction of sp³-hybridized carbons (Fsp3) is 0.368. The minimum absolute atomic E-state index is 0.216. The van der Waals surface area contributed by atoms with Crippen molar-refractivity contribution in [2.24, 2.45) is 5.92 Å². The van der Waals surface area contributed by atoms with E-state index in [4.69, 9.17) is 9.26 Å². The molecule has 0 spiro atoms. The molecule has 28 heavy (non-hydrogen) atoms. The molecule has 0 bridgehead atoms. The van der Waals surface area contributed by atoms with Gasteiger partial charge in [-0.1, -0.05) is 12.1 Å². The van der Waals surface area contributed by atoms with E-state index in [-0.39, 0.29) is 18.0 Å².